The minimum atomic E-state index is -0.625. The van der Waals surface area contributed by atoms with E-state index in [9.17, 15) is 4.79 Å². The molecule has 0 aliphatic carbocycles. The van der Waals surface area contributed by atoms with Gasteiger partial charge in [-0.25, -0.2) is 4.79 Å². The number of halogens is 2. The van der Waals surface area contributed by atoms with Gasteiger partial charge in [-0.2, -0.15) is 5.10 Å². The van der Waals surface area contributed by atoms with Gasteiger partial charge in [-0.05, 0) is 66.3 Å². The first-order valence-corrected chi connectivity index (χ1v) is 10.1. The van der Waals surface area contributed by atoms with Gasteiger partial charge in [-0.1, -0.05) is 41.4 Å². The second kappa shape index (κ2) is 10.8. The number of benzene rings is 3. The number of carbonyl (C=O) groups is 1. The fraction of sp³-hybridized carbons (Fsp3) is 0.0455. The van der Waals surface area contributed by atoms with Crippen LogP contribution in [0.2, 0.25) is 10.0 Å². The van der Waals surface area contributed by atoms with Crippen molar-refractivity contribution in [2.75, 3.05) is 12.4 Å². The number of anilines is 1. The normalized spacial score (nSPS) is 10.5. The largest absolute Gasteiger partial charge is 0.493 e. The quantitative estimate of drug-likeness (QED) is 0.161. The molecule has 0 atom stereocenters. The van der Waals surface area contributed by atoms with Gasteiger partial charge >= 0.3 is 5.97 Å². The fourth-order valence-corrected chi connectivity index (χ4v) is 3.16. The summed E-state index contributed by atoms with van der Waals surface area (Å²) in [5.41, 5.74) is 4.49. The molecule has 158 valence electrons. The van der Waals surface area contributed by atoms with Crippen molar-refractivity contribution in [1.29, 1.82) is 0 Å². The minimum absolute atomic E-state index is 0.197. The van der Waals surface area contributed by atoms with Crippen molar-refractivity contribution in [3.63, 3.8) is 0 Å². The molecule has 0 aliphatic rings. The van der Waals surface area contributed by atoms with E-state index in [1.807, 2.05) is 30.3 Å². The van der Waals surface area contributed by atoms with Gasteiger partial charge in [0.05, 0.1) is 23.9 Å². The number of hydrogen-bond donors (Lipinski definition) is 2. The SMILES string of the molecule is COc1cc(/C=N\NC(=S)Nc2ccccc2)ccc1OC(=O)c1ccc(Cl)cc1Cl. The molecule has 0 unspecified atom stereocenters. The van der Waals surface area contributed by atoms with E-state index < -0.39 is 5.97 Å². The van der Waals surface area contributed by atoms with Gasteiger partial charge in [0.1, 0.15) is 0 Å². The molecule has 3 aromatic rings. The predicted molar refractivity (Wildman–Crippen MR) is 128 cm³/mol. The highest BCUT2D eigenvalue weighted by Gasteiger charge is 2.16. The van der Waals surface area contributed by atoms with Gasteiger partial charge in [0, 0.05) is 10.7 Å². The molecular weight excluding hydrogens is 457 g/mol. The van der Waals surface area contributed by atoms with Crippen molar-refractivity contribution in [2.24, 2.45) is 5.10 Å². The molecule has 0 saturated heterocycles. The number of rotatable bonds is 6. The van der Waals surface area contributed by atoms with Gasteiger partial charge in [0.25, 0.3) is 0 Å². The lowest BCUT2D eigenvalue weighted by atomic mass is 10.2. The minimum Gasteiger partial charge on any atom is -0.493 e. The standard InChI is InChI=1S/C22H17Cl2N3O3S/c1-29-20-11-14(13-25-27-22(31)26-16-5-3-2-4-6-16)7-10-19(20)30-21(28)17-9-8-15(23)12-18(17)24/h2-13H,1H3,(H2,26,27,31)/b25-13-. The summed E-state index contributed by atoms with van der Waals surface area (Å²) in [7, 11) is 1.47. The molecule has 0 fully saturated rings. The Kier molecular flexibility index (Phi) is 7.83. The van der Waals surface area contributed by atoms with E-state index in [1.165, 1.54) is 19.2 Å². The third-order valence-corrected chi connectivity index (χ3v) is 4.69. The summed E-state index contributed by atoms with van der Waals surface area (Å²) in [5, 5.41) is 8.08. The highest BCUT2D eigenvalue weighted by molar-refractivity contribution is 7.80. The first-order chi connectivity index (χ1) is 15.0. The van der Waals surface area contributed by atoms with Crippen LogP contribution in [0.4, 0.5) is 5.69 Å². The molecule has 0 aliphatic heterocycles. The van der Waals surface area contributed by atoms with Crippen molar-refractivity contribution in [2.45, 2.75) is 0 Å². The summed E-state index contributed by atoms with van der Waals surface area (Å²) >= 11 is 17.1. The number of methoxy groups -OCH3 is 1. The lowest BCUT2D eigenvalue weighted by molar-refractivity contribution is 0.0730. The topological polar surface area (TPSA) is 71.9 Å². The summed E-state index contributed by atoms with van der Waals surface area (Å²) in [5.74, 6) is -0.0300. The monoisotopic (exact) mass is 473 g/mol. The summed E-state index contributed by atoms with van der Waals surface area (Å²) in [6.07, 6.45) is 1.56. The first kappa shape index (κ1) is 22.6. The number of ether oxygens (including phenoxy) is 2. The van der Waals surface area contributed by atoms with Crippen LogP contribution in [0.1, 0.15) is 15.9 Å². The lowest BCUT2D eigenvalue weighted by Gasteiger charge is -2.11. The number of carbonyl (C=O) groups excluding carboxylic acids is 1. The third kappa shape index (κ3) is 6.42. The van der Waals surface area contributed by atoms with Crippen molar-refractivity contribution >= 4 is 58.4 Å². The van der Waals surface area contributed by atoms with Crippen molar-refractivity contribution < 1.29 is 14.3 Å². The lowest BCUT2D eigenvalue weighted by Crippen LogP contribution is -2.23. The Labute approximate surface area is 194 Å². The molecule has 6 nitrogen and oxygen atoms in total. The van der Waals surface area contributed by atoms with Crippen molar-refractivity contribution in [3.05, 3.63) is 87.9 Å². The number of para-hydroxylation sites is 1. The molecule has 3 rings (SSSR count). The summed E-state index contributed by atoms with van der Waals surface area (Å²) in [6.45, 7) is 0. The highest BCUT2D eigenvalue weighted by atomic mass is 35.5. The Morgan fingerprint density at radius 2 is 1.81 bits per heavy atom. The zero-order chi connectivity index (χ0) is 22.2. The number of hydrogen-bond acceptors (Lipinski definition) is 5. The van der Waals surface area contributed by atoms with Crippen LogP contribution in [0.5, 0.6) is 11.5 Å². The Balaban J connectivity index is 1.64. The van der Waals surface area contributed by atoms with Crippen molar-refractivity contribution in [3.8, 4) is 11.5 Å². The molecule has 0 saturated carbocycles. The summed E-state index contributed by atoms with van der Waals surface area (Å²) < 4.78 is 10.8. The fourth-order valence-electron chi connectivity index (χ4n) is 2.50. The molecule has 9 heteroatoms. The summed E-state index contributed by atoms with van der Waals surface area (Å²) in [6, 6.07) is 19.0. The van der Waals surface area contributed by atoms with Crippen LogP contribution in [0.3, 0.4) is 0 Å². The van der Waals surface area contributed by atoms with Gasteiger partial charge in [0.2, 0.25) is 0 Å². The molecule has 0 bridgehead atoms. The van der Waals surface area contributed by atoms with Crippen LogP contribution >= 0.6 is 35.4 Å². The van der Waals surface area contributed by atoms with Crippen LogP contribution in [0.15, 0.2) is 71.8 Å². The van der Waals surface area contributed by atoms with E-state index in [0.29, 0.717) is 21.4 Å². The average molecular weight is 474 g/mol. The first-order valence-electron chi connectivity index (χ1n) is 8.96. The third-order valence-electron chi connectivity index (χ3n) is 3.95. The molecule has 31 heavy (non-hydrogen) atoms. The van der Waals surface area contributed by atoms with E-state index in [1.54, 1.807) is 30.5 Å². The van der Waals surface area contributed by atoms with Crippen LogP contribution in [0.25, 0.3) is 0 Å². The second-order valence-electron chi connectivity index (χ2n) is 6.11. The summed E-state index contributed by atoms with van der Waals surface area (Å²) in [4.78, 5) is 12.4. The molecule has 0 heterocycles. The van der Waals surface area contributed by atoms with Crippen LogP contribution in [-0.2, 0) is 0 Å². The van der Waals surface area contributed by atoms with Crippen LogP contribution < -0.4 is 20.2 Å². The van der Waals surface area contributed by atoms with E-state index in [4.69, 9.17) is 44.9 Å². The van der Waals surface area contributed by atoms with Crippen molar-refractivity contribution in [1.82, 2.24) is 5.43 Å². The van der Waals surface area contributed by atoms with Crippen LogP contribution in [-0.4, -0.2) is 24.4 Å². The average Bonchev–Trinajstić information content (AvgIpc) is 2.75. The van der Waals surface area contributed by atoms with E-state index in [2.05, 4.69) is 15.8 Å². The number of nitrogens with zero attached hydrogens (tertiary/aromatic N) is 1. The molecule has 2 N–H and O–H groups in total. The maximum atomic E-state index is 12.4. The Bertz CT molecular complexity index is 1120. The zero-order valence-corrected chi connectivity index (χ0v) is 18.6. The van der Waals surface area contributed by atoms with E-state index in [0.717, 1.165) is 5.69 Å². The Morgan fingerprint density at radius 3 is 2.52 bits per heavy atom. The molecule has 0 spiro atoms. The molecule has 3 aromatic carbocycles. The molecular formula is C22H17Cl2N3O3S. The number of nitrogens with one attached hydrogen (secondary N) is 2. The zero-order valence-electron chi connectivity index (χ0n) is 16.3. The Hall–Kier alpha value is -3.13. The van der Waals surface area contributed by atoms with Crippen LogP contribution in [0, 0.1) is 0 Å². The number of hydrazone groups is 1. The Morgan fingerprint density at radius 1 is 1.03 bits per heavy atom. The smallest absolute Gasteiger partial charge is 0.345 e. The second-order valence-corrected chi connectivity index (χ2v) is 7.37. The maximum absolute atomic E-state index is 12.4. The number of thiocarbonyl (C=S) groups is 1. The van der Waals surface area contributed by atoms with Gasteiger partial charge in [-0.15, -0.1) is 0 Å². The van der Waals surface area contributed by atoms with E-state index in [-0.39, 0.29) is 16.3 Å². The highest BCUT2D eigenvalue weighted by Crippen LogP contribution is 2.29. The van der Waals surface area contributed by atoms with E-state index >= 15 is 0 Å². The molecule has 0 amide bonds. The predicted octanol–water partition coefficient (Wildman–Crippen LogP) is 5.54. The maximum Gasteiger partial charge on any atom is 0.345 e. The van der Waals surface area contributed by atoms with Gasteiger partial charge < -0.3 is 14.8 Å². The molecule has 0 aromatic heterocycles. The van der Waals surface area contributed by atoms with Gasteiger partial charge in [-0.3, -0.25) is 5.43 Å². The molecule has 0 radical (unpaired) electrons. The van der Waals surface area contributed by atoms with Gasteiger partial charge in [0.15, 0.2) is 16.6 Å². The number of esters is 1.